The Labute approximate surface area is 148 Å². The first kappa shape index (κ1) is 18.3. The summed E-state index contributed by atoms with van der Waals surface area (Å²) in [5.41, 5.74) is 0.570. The molecular formula is C17H23ClN4O2. The number of anilines is 1. The fourth-order valence-corrected chi connectivity index (χ4v) is 2.95. The molecule has 0 bridgehead atoms. The van der Waals surface area contributed by atoms with Gasteiger partial charge >= 0.3 is 6.09 Å². The minimum atomic E-state index is -0.517. The number of nitrogens with zero attached hydrogens (tertiary/aromatic N) is 4. The van der Waals surface area contributed by atoms with Crippen molar-refractivity contribution in [2.75, 3.05) is 25.0 Å². The lowest BCUT2D eigenvalue weighted by Crippen LogP contribution is -2.49. The van der Waals surface area contributed by atoms with Gasteiger partial charge in [0.25, 0.3) is 0 Å². The van der Waals surface area contributed by atoms with Crippen LogP contribution >= 0.6 is 11.6 Å². The third-order valence-electron chi connectivity index (χ3n) is 3.93. The third kappa shape index (κ3) is 4.30. The predicted molar refractivity (Wildman–Crippen MR) is 94.7 cm³/mol. The van der Waals surface area contributed by atoms with Gasteiger partial charge < -0.3 is 14.5 Å². The monoisotopic (exact) mass is 350 g/mol. The molecule has 1 aromatic heterocycles. The Morgan fingerprint density at radius 3 is 2.83 bits per heavy atom. The number of piperidine rings is 1. The molecule has 1 fully saturated rings. The average molecular weight is 351 g/mol. The van der Waals surface area contributed by atoms with Crippen molar-refractivity contribution < 1.29 is 9.53 Å². The van der Waals surface area contributed by atoms with E-state index in [9.17, 15) is 4.79 Å². The molecule has 1 aliphatic rings. The molecule has 0 aromatic carbocycles. The summed E-state index contributed by atoms with van der Waals surface area (Å²) in [6.07, 6.45) is 4.64. The largest absolute Gasteiger partial charge is 0.444 e. The van der Waals surface area contributed by atoms with Gasteiger partial charge in [0.15, 0.2) is 0 Å². The Balaban J connectivity index is 2.12. The number of likely N-dealkylation sites (N-methyl/N-ethyl adjacent to an activating group) is 1. The van der Waals surface area contributed by atoms with Crippen LogP contribution in [0.15, 0.2) is 12.4 Å². The van der Waals surface area contributed by atoms with Crippen LogP contribution in [0, 0.1) is 6.57 Å². The van der Waals surface area contributed by atoms with Crippen molar-refractivity contribution in [3.05, 3.63) is 28.8 Å². The van der Waals surface area contributed by atoms with E-state index in [1.165, 1.54) is 6.20 Å². The molecule has 0 saturated carbocycles. The highest BCUT2D eigenvalue weighted by atomic mass is 35.5. The second-order valence-electron chi connectivity index (χ2n) is 6.94. The maximum Gasteiger partial charge on any atom is 0.410 e. The molecule has 0 N–H and O–H groups in total. The van der Waals surface area contributed by atoms with Crippen LogP contribution in [0.1, 0.15) is 33.6 Å². The highest BCUT2D eigenvalue weighted by Crippen LogP contribution is 2.35. The molecule has 1 saturated heterocycles. The zero-order valence-corrected chi connectivity index (χ0v) is 15.3. The standard InChI is InChI=1S/C17H23ClN4O2/c1-17(2,3)24-16(23)21(5)12-7-6-8-22(11-12)14-10-20-9-13(19-4)15(14)18/h9-10,12H,6-8,11H2,1-3,5H3/t12-/m1/s1. The summed E-state index contributed by atoms with van der Waals surface area (Å²) in [6, 6.07) is 0.0289. The molecule has 7 heteroatoms. The number of amides is 1. The molecule has 1 aliphatic heterocycles. The quantitative estimate of drug-likeness (QED) is 0.753. The van der Waals surface area contributed by atoms with E-state index in [4.69, 9.17) is 22.9 Å². The molecule has 0 unspecified atom stereocenters. The first-order valence-corrected chi connectivity index (χ1v) is 8.32. The van der Waals surface area contributed by atoms with Crippen molar-refractivity contribution in [1.29, 1.82) is 0 Å². The minimum absolute atomic E-state index is 0.0289. The zero-order chi connectivity index (χ0) is 17.9. The summed E-state index contributed by atoms with van der Waals surface area (Å²) in [4.78, 5) is 23.5. The highest BCUT2D eigenvalue weighted by molar-refractivity contribution is 6.35. The lowest BCUT2D eigenvalue weighted by molar-refractivity contribution is 0.0210. The second-order valence-corrected chi connectivity index (χ2v) is 7.31. The van der Waals surface area contributed by atoms with E-state index in [0.29, 0.717) is 17.3 Å². The summed E-state index contributed by atoms with van der Waals surface area (Å²) >= 11 is 6.32. The van der Waals surface area contributed by atoms with Gasteiger partial charge in [-0.05, 0) is 33.6 Å². The van der Waals surface area contributed by atoms with Crippen LogP contribution in [-0.2, 0) is 4.74 Å². The lowest BCUT2D eigenvalue weighted by atomic mass is 10.0. The zero-order valence-electron chi connectivity index (χ0n) is 14.5. The molecule has 1 atom stereocenters. The molecule has 1 aromatic rings. The van der Waals surface area contributed by atoms with Gasteiger partial charge in [-0.1, -0.05) is 11.6 Å². The Kier molecular flexibility index (Phi) is 5.55. The van der Waals surface area contributed by atoms with Gasteiger partial charge in [-0.2, -0.15) is 0 Å². The molecule has 1 amide bonds. The number of rotatable bonds is 2. The number of ether oxygens (including phenoxy) is 1. The van der Waals surface area contributed by atoms with Crippen LogP contribution in [0.2, 0.25) is 5.02 Å². The fourth-order valence-electron chi connectivity index (χ4n) is 2.69. The molecular weight excluding hydrogens is 328 g/mol. The number of hydrogen-bond acceptors (Lipinski definition) is 4. The molecule has 0 radical (unpaired) electrons. The van der Waals surface area contributed by atoms with Crippen LogP contribution < -0.4 is 4.90 Å². The van der Waals surface area contributed by atoms with Crippen molar-refractivity contribution in [2.24, 2.45) is 0 Å². The number of carbonyl (C=O) groups is 1. The Hall–Kier alpha value is -2.00. The van der Waals surface area contributed by atoms with Crippen LogP contribution in [0.5, 0.6) is 0 Å². The van der Waals surface area contributed by atoms with E-state index in [0.717, 1.165) is 25.1 Å². The second kappa shape index (κ2) is 7.27. The molecule has 130 valence electrons. The van der Waals surface area contributed by atoms with Gasteiger partial charge in [-0.3, -0.25) is 4.98 Å². The van der Waals surface area contributed by atoms with Crippen molar-refractivity contribution in [2.45, 2.75) is 45.3 Å². The number of halogens is 1. The lowest BCUT2D eigenvalue weighted by Gasteiger charge is -2.39. The Morgan fingerprint density at radius 1 is 1.50 bits per heavy atom. The van der Waals surface area contributed by atoms with Gasteiger partial charge in [0.2, 0.25) is 5.69 Å². The summed E-state index contributed by atoms with van der Waals surface area (Å²) in [6.45, 7) is 14.2. The Morgan fingerprint density at radius 2 is 2.21 bits per heavy atom. The molecule has 24 heavy (non-hydrogen) atoms. The summed E-state index contributed by atoms with van der Waals surface area (Å²) in [5, 5.41) is 0.417. The van der Waals surface area contributed by atoms with E-state index in [2.05, 4.69) is 14.7 Å². The summed E-state index contributed by atoms with van der Waals surface area (Å²) < 4.78 is 5.44. The van der Waals surface area contributed by atoms with E-state index >= 15 is 0 Å². The normalized spacial score (nSPS) is 18.0. The SMILES string of the molecule is [C-]#[N+]c1cncc(N2CCC[C@@H](N(C)C(=O)OC(C)(C)C)C2)c1Cl. The molecule has 2 rings (SSSR count). The van der Waals surface area contributed by atoms with Gasteiger partial charge in [0.05, 0.1) is 23.3 Å². The topological polar surface area (TPSA) is 50.0 Å². The average Bonchev–Trinajstić information content (AvgIpc) is 2.53. The van der Waals surface area contributed by atoms with E-state index in [-0.39, 0.29) is 12.1 Å². The first-order valence-electron chi connectivity index (χ1n) is 7.94. The van der Waals surface area contributed by atoms with Crippen LogP contribution in [0.4, 0.5) is 16.2 Å². The van der Waals surface area contributed by atoms with E-state index < -0.39 is 5.60 Å². The van der Waals surface area contributed by atoms with Crippen molar-refractivity contribution in [3.8, 4) is 0 Å². The number of carbonyl (C=O) groups excluding carboxylic acids is 1. The van der Waals surface area contributed by atoms with Gasteiger partial charge in [-0.15, -0.1) is 0 Å². The smallest absolute Gasteiger partial charge is 0.410 e. The Bertz CT molecular complexity index is 651. The first-order chi connectivity index (χ1) is 11.2. The van der Waals surface area contributed by atoms with E-state index in [1.54, 1.807) is 18.1 Å². The van der Waals surface area contributed by atoms with Crippen LogP contribution in [0.25, 0.3) is 4.85 Å². The summed E-state index contributed by atoms with van der Waals surface area (Å²) in [5.74, 6) is 0. The number of hydrogen-bond donors (Lipinski definition) is 0. The van der Waals surface area contributed by atoms with Crippen molar-refractivity contribution in [3.63, 3.8) is 0 Å². The highest BCUT2D eigenvalue weighted by Gasteiger charge is 2.30. The minimum Gasteiger partial charge on any atom is -0.444 e. The third-order valence-corrected chi connectivity index (χ3v) is 4.32. The number of pyridine rings is 1. The molecule has 2 heterocycles. The fraction of sp³-hybridized carbons (Fsp3) is 0.588. The van der Waals surface area contributed by atoms with Crippen LogP contribution in [0.3, 0.4) is 0 Å². The van der Waals surface area contributed by atoms with Crippen molar-refractivity contribution >= 4 is 29.1 Å². The van der Waals surface area contributed by atoms with E-state index in [1.807, 2.05) is 20.8 Å². The maximum atomic E-state index is 12.3. The molecule has 6 nitrogen and oxygen atoms in total. The summed E-state index contributed by atoms with van der Waals surface area (Å²) in [7, 11) is 1.76. The maximum absolute atomic E-state index is 12.3. The molecule has 0 aliphatic carbocycles. The van der Waals surface area contributed by atoms with Gasteiger partial charge in [0, 0.05) is 32.5 Å². The van der Waals surface area contributed by atoms with Gasteiger partial charge in [-0.25, -0.2) is 9.64 Å². The van der Waals surface area contributed by atoms with Crippen molar-refractivity contribution in [1.82, 2.24) is 9.88 Å². The number of aromatic nitrogens is 1. The van der Waals surface area contributed by atoms with Crippen LogP contribution in [-0.4, -0.2) is 47.8 Å². The van der Waals surface area contributed by atoms with Gasteiger partial charge in [0.1, 0.15) is 5.60 Å². The molecule has 0 spiro atoms. The predicted octanol–water partition coefficient (Wildman–Crippen LogP) is 4.12.